The quantitative estimate of drug-likeness (QED) is 0.574. The van der Waals surface area contributed by atoms with E-state index >= 15 is 0 Å². The minimum atomic E-state index is -3.49. The van der Waals surface area contributed by atoms with Gasteiger partial charge in [-0.2, -0.15) is 0 Å². The molecule has 2 unspecified atom stereocenters. The van der Waals surface area contributed by atoms with Crippen molar-refractivity contribution >= 4 is 28.3 Å². The molecule has 10 heteroatoms. The lowest BCUT2D eigenvalue weighted by molar-refractivity contribution is -0.127. The van der Waals surface area contributed by atoms with E-state index in [4.69, 9.17) is 5.73 Å². The van der Waals surface area contributed by atoms with E-state index in [1.54, 1.807) is 0 Å². The van der Waals surface area contributed by atoms with E-state index in [9.17, 15) is 13.2 Å². The van der Waals surface area contributed by atoms with Gasteiger partial charge < -0.3 is 15.6 Å². The van der Waals surface area contributed by atoms with Gasteiger partial charge in [0.25, 0.3) is 0 Å². The Hall–Kier alpha value is -1.16. The van der Waals surface area contributed by atoms with Crippen LogP contribution in [0.15, 0.2) is 16.9 Å². The average molecular weight is 407 g/mol. The van der Waals surface area contributed by atoms with Crippen LogP contribution in [0.5, 0.6) is 0 Å². The first-order valence-electron chi connectivity index (χ1n) is 8.84. The minimum Gasteiger partial charge on any atom is -0.364 e. The van der Waals surface area contributed by atoms with Crippen LogP contribution < -0.4 is 15.8 Å². The van der Waals surface area contributed by atoms with E-state index in [-0.39, 0.29) is 49.1 Å². The fourth-order valence-electron chi connectivity index (χ4n) is 4.10. The summed E-state index contributed by atoms with van der Waals surface area (Å²) in [5.41, 5.74) is 6.60. The normalized spacial score (nSPS) is 28.2. The molecule has 2 aliphatic carbocycles. The van der Waals surface area contributed by atoms with E-state index in [0.29, 0.717) is 17.5 Å². The highest BCUT2D eigenvalue weighted by Crippen LogP contribution is 2.41. The van der Waals surface area contributed by atoms with Crippen molar-refractivity contribution in [3.8, 4) is 0 Å². The van der Waals surface area contributed by atoms with Gasteiger partial charge in [0.2, 0.25) is 15.9 Å². The summed E-state index contributed by atoms with van der Waals surface area (Å²) in [6.45, 7) is 0.430. The second-order valence-electron chi connectivity index (χ2n) is 7.13. The fraction of sp³-hybridized carbons (Fsp3) is 0.750. The van der Waals surface area contributed by atoms with Crippen molar-refractivity contribution in [2.75, 3.05) is 13.1 Å². The Balaban J connectivity index is 0.00000243. The summed E-state index contributed by atoms with van der Waals surface area (Å²) in [6, 6.07) is 1.74. The lowest BCUT2D eigenvalue weighted by atomic mass is 9.65. The van der Waals surface area contributed by atoms with Crippen molar-refractivity contribution in [2.45, 2.75) is 43.9 Å². The third kappa shape index (κ3) is 5.42. The summed E-state index contributed by atoms with van der Waals surface area (Å²) in [6.07, 6.45) is 6.47. The van der Waals surface area contributed by atoms with E-state index in [0.717, 1.165) is 25.7 Å². The zero-order valence-electron chi connectivity index (χ0n) is 14.6. The van der Waals surface area contributed by atoms with Crippen LogP contribution in [-0.4, -0.2) is 38.6 Å². The van der Waals surface area contributed by atoms with E-state index < -0.39 is 10.0 Å². The van der Waals surface area contributed by atoms with Gasteiger partial charge in [-0.15, -0.1) is 12.4 Å². The number of carbonyl (C=O) groups excluding carboxylic acids is 1. The monoisotopic (exact) mass is 406 g/mol. The molecule has 0 saturated heterocycles. The number of nitrogens with one attached hydrogen (secondary N) is 2. The molecule has 8 nitrogen and oxygen atoms in total. The molecule has 3 rings (SSSR count). The molecule has 0 aromatic carbocycles. The lowest BCUT2D eigenvalue weighted by Crippen LogP contribution is -2.49. The maximum Gasteiger partial charge on any atom is 0.223 e. The van der Waals surface area contributed by atoms with Crippen LogP contribution in [-0.2, 0) is 20.6 Å². The van der Waals surface area contributed by atoms with E-state index in [1.165, 1.54) is 18.8 Å². The van der Waals surface area contributed by atoms with Crippen LogP contribution in [0.4, 0.5) is 0 Å². The van der Waals surface area contributed by atoms with Crippen LogP contribution in [0.25, 0.3) is 0 Å². The van der Waals surface area contributed by atoms with Gasteiger partial charge in [-0.05, 0) is 37.5 Å². The molecule has 1 aromatic heterocycles. The molecule has 26 heavy (non-hydrogen) atoms. The first-order chi connectivity index (χ1) is 11.9. The predicted octanol–water partition coefficient (Wildman–Crippen LogP) is 0.786. The number of carbonyl (C=O) groups is 1. The molecule has 2 bridgehead atoms. The number of aromatic nitrogens is 1. The second-order valence-corrected chi connectivity index (χ2v) is 8.94. The van der Waals surface area contributed by atoms with Gasteiger partial charge in [-0.1, -0.05) is 11.6 Å². The van der Waals surface area contributed by atoms with Crippen molar-refractivity contribution in [3.05, 3.63) is 18.0 Å². The Morgan fingerprint density at radius 1 is 1.27 bits per heavy atom. The Bertz CT molecular complexity index is 668. The van der Waals surface area contributed by atoms with Gasteiger partial charge in [-0.25, -0.2) is 13.1 Å². The summed E-state index contributed by atoms with van der Waals surface area (Å²) in [5.74, 6) is 0.677. The molecule has 1 amide bonds. The predicted molar refractivity (Wildman–Crippen MR) is 98.9 cm³/mol. The van der Waals surface area contributed by atoms with Gasteiger partial charge in [0, 0.05) is 31.1 Å². The number of nitrogens with two attached hydrogens (primary N) is 1. The topological polar surface area (TPSA) is 127 Å². The van der Waals surface area contributed by atoms with E-state index in [2.05, 4.69) is 19.7 Å². The Morgan fingerprint density at radius 3 is 2.58 bits per heavy atom. The SMILES string of the molecule is Cl.NC1C2CCCC1CC(C(=O)NCCNS(=O)(=O)Cc1ccon1)C2. The smallest absolute Gasteiger partial charge is 0.223 e. The van der Waals surface area contributed by atoms with Gasteiger partial charge in [0.1, 0.15) is 12.0 Å². The van der Waals surface area contributed by atoms with Gasteiger partial charge >= 0.3 is 0 Å². The van der Waals surface area contributed by atoms with Gasteiger partial charge in [0.15, 0.2) is 0 Å². The summed E-state index contributed by atoms with van der Waals surface area (Å²) >= 11 is 0. The van der Waals surface area contributed by atoms with Crippen LogP contribution in [0.2, 0.25) is 0 Å². The van der Waals surface area contributed by atoms with E-state index in [1.807, 2.05) is 0 Å². The van der Waals surface area contributed by atoms with Crippen molar-refractivity contribution in [3.63, 3.8) is 0 Å². The van der Waals surface area contributed by atoms with Crippen LogP contribution in [0.3, 0.4) is 0 Å². The summed E-state index contributed by atoms with van der Waals surface area (Å²) in [7, 11) is -3.49. The number of rotatable bonds is 7. The Labute approximate surface area is 160 Å². The molecular formula is C16H27ClN4O4S. The fourth-order valence-corrected chi connectivity index (χ4v) is 5.15. The highest BCUT2D eigenvalue weighted by Gasteiger charge is 2.40. The number of hydrogen-bond donors (Lipinski definition) is 3. The second kappa shape index (κ2) is 9.16. The highest BCUT2D eigenvalue weighted by atomic mass is 35.5. The molecule has 0 spiro atoms. The number of hydrogen-bond acceptors (Lipinski definition) is 6. The molecule has 2 fully saturated rings. The number of fused-ring (bicyclic) bond motifs is 2. The zero-order chi connectivity index (χ0) is 17.9. The van der Waals surface area contributed by atoms with Gasteiger partial charge in [-0.3, -0.25) is 4.79 Å². The van der Waals surface area contributed by atoms with Crippen molar-refractivity contribution in [1.82, 2.24) is 15.2 Å². The third-order valence-electron chi connectivity index (χ3n) is 5.36. The summed E-state index contributed by atoms with van der Waals surface area (Å²) in [5, 5.41) is 6.43. The first kappa shape index (κ1) is 21.1. The van der Waals surface area contributed by atoms with Crippen molar-refractivity contribution in [2.24, 2.45) is 23.5 Å². The van der Waals surface area contributed by atoms with Crippen LogP contribution in [0, 0.1) is 17.8 Å². The first-order valence-corrected chi connectivity index (χ1v) is 10.5. The molecule has 1 aromatic rings. The summed E-state index contributed by atoms with van der Waals surface area (Å²) in [4.78, 5) is 12.4. The molecule has 0 radical (unpaired) electrons. The van der Waals surface area contributed by atoms with Gasteiger partial charge in [0.05, 0.1) is 5.69 Å². The standard InChI is InChI=1S/C16H26N4O4S.ClH/c17-15-11-2-1-3-12(15)9-13(8-11)16(21)18-5-6-19-25(22,23)10-14-4-7-24-20-14;/h4,7,11-13,15,19H,1-3,5-6,8-10,17H2,(H,18,21);1H. The average Bonchev–Trinajstić information content (AvgIpc) is 3.03. The van der Waals surface area contributed by atoms with Crippen LogP contribution >= 0.6 is 12.4 Å². The molecule has 0 aliphatic heterocycles. The Morgan fingerprint density at radius 2 is 1.96 bits per heavy atom. The zero-order valence-corrected chi connectivity index (χ0v) is 16.2. The molecule has 148 valence electrons. The number of nitrogens with zero attached hydrogens (tertiary/aromatic N) is 1. The molecule has 2 aliphatic rings. The van der Waals surface area contributed by atoms with Crippen molar-refractivity contribution < 1.29 is 17.7 Å². The maximum atomic E-state index is 12.4. The Kier molecular flexibility index (Phi) is 7.45. The lowest BCUT2D eigenvalue weighted by Gasteiger charge is -2.43. The number of amides is 1. The minimum absolute atomic E-state index is 0. The largest absolute Gasteiger partial charge is 0.364 e. The highest BCUT2D eigenvalue weighted by molar-refractivity contribution is 7.88. The molecule has 1 heterocycles. The van der Waals surface area contributed by atoms with Crippen LogP contribution in [0.1, 0.15) is 37.8 Å². The summed E-state index contributed by atoms with van der Waals surface area (Å²) < 4.78 is 30.9. The molecule has 4 N–H and O–H groups in total. The third-order valence-corrected chi connectivity index (χ3v) is 6.68. The maximum absolute atomic E-state index is 12.4. The molecular weight excluding hydrogens is 380 g/mol. The molecule has 2 saturated carbocycles. The molecule has 2 atom stereocenters. The van der Waals surface area contributed by atoms with Crippen molar-refractivity contribution in [1.29, 1.82) is 0 Å². The number of halogens is 1. The number of sulfonamides is 1.